The highest BCUT2D eigenvalue weighted by Gasteiger charge is 2.09. The summed E-state index contributed by atoms with van der Waals surface area (Å²) in [5, 5.41) is 8.75. The fourth-order valence-corrected chi connectivity index (χ4v) is 1.64. The van der Waals surface area contributed by atoms with Gasteiger partial charge in [-0.1, -0.05) is 26.0 Å². The van der Waals surface area contributed by atoms with Gasteiger partial charge in [0.2, 0.25) is 0 Å². The van der Waals surface area contributed by atoms with Crippen LogP contribution in [0, 0.1) is 23.1 Å². The van der Waals surface area contributed by atoms with Gasteiger partial charge in [0.25, 0.3) is 0 Å². The van der Waals surface area contributed by atoms with Crippen LogP contribution in [0.2, 0.25) is 0 Å². The number of benzene rings is 1. The van der Waals surface area contributed by atoms with Gasteiger partial charge in [0.05, 0.1) is 5.56 Å². The normalized spacial score (nSPS) is 10.9. The Morgan fingerprint density at radius 2 is 2.12 bits per heavy atom. The molecule has 0 saturated heterocycles. The smallest absolute Gasteiger partial charge is 0.145 e. The average Bonchev–Trinajstić information content (AvgIpc) is 2.29. The maximum absolute atomic E-state index is 13.8. The zero-order valence-corrected chi connectivity index (χ0v) is 10.7. The van der Waals surface area contributed by atoms with Gasteiger partial charge in [0, 0.05) is 12.1 Å². The molecule has 0 N–H and O–H groups in total. The first-order valence-corrected chi connectivity index (χ1v) is 5.90. The lowest BCUT2D eigenvalue weighted by Gasteiger charge is -2.18. The van der Waals surface area contributed by atoms with Crippen LogP contribution in [0.3, 0.4) is 0 Å². The van der Waals surface area contributed by atoms with E-state index in [1.165, 1.54) is 6.07 Å². The lowest BCUT2D eigenvalue weighted by Crippen LogP contribution is -2.21. The standard InChI is InChI=1S/C14H19FN2/c1-11(2)7-8-17(3)10-13-6-4-5-12(9-16)14(13)15/h4-6,11H,7-8,10H2,1-3H3. The molecule has 0 radical (unpaired) electrons. The molecule has 3 heteroatoms. The van der Waals surface area contributed by atoms with Crippen LogP contribution in [0.4, 0.5) is 4.39 Å². The molecule has 0 heterocycles. The minimum atomic E-state index is -0.383. The Hall–Kier alpha value is -1.40. The van der Waals surface area contributed by atoms with Gasteiger partial charge in [0.1, 0.15) is 11.9 Å². The van der Waals surface area contributed by atoms with Crippen LogP contribution in [0.15, 0.2) is 18.2 Å². The third kappa shape index (κ3) is 4.16. The van der Waals surface area contributed by atoms with E-state index in [0.29, 0.717) is 18.0 Å². The molecule has 2 nitrogen and oxygen atoms in total. The largest absolute Gasteiger partial charge is 0.302 e. The maximum Gasteiger partial charge on any atom is 0.145 e. The second kappa shape index (κ2) is 6.36. The van der Waals surface area contributed by atoms with Gasteiger partial charge < -0.3 is 4.90 Å². The third-order valence-corrected chi connectivity index (χ3v) is 2.73. The minimum absolute atomic E-state index is 0.125. The molecule has 0 fully saturated rings. The molecule has 0 spiro atoms. The SMILES string of the molecule is CC(C)CCN(C)Cc1cccc(C#N)c1F. The molecular weight excluding hydrogens is 215 g/mol. The summed E-state index contributed by atoms with van der Waals surface area (Å²) in [7, 11) is 1.97. The van der Waals surface area contributed by atoms with Gasteiger partial charge in [-0.2, -0.15) is 5.26 Å². The van der Waals surface area contributed by atoms with Crippen molar-refractivity contribution in [1.82, 2.24) is 4.90 Å². The molecule has 92 valence electrons. The van der Waals surface area contributed by atoms with Crippen LogP contribution >= 0.6 is 0 Å². The van der Waals surface area contributed by atoms with Crippen LogP contribution in [0.1, 0.15) is 31.4 Å². The first kappa shape index (κ1) is 13.7. The zero-order chi connectivity index (χ0) is 12.8. The van der Waals surface area contributed by atoms with Crippen molar-refractivity contribution < 1.29 is 4.39 Å². The Labute approximate surface area is 103 Å². The first-order valence-electron chi connectivity index (χ1n) is 5.90. The number of rotatable bonds is 5. The molecule has 17 heavy (non-hydrogen) atoms. The molecule has 0 aliphatic rings. The number of nitriles is 1. The molecule has 0 aliphatic carbocycles. The fourth-order valence-electron chi connectivity index (χ4n) is 1.64. The molecule has 0 aliphatic heterocycles. The third-order valence-electron chi connectivity index (χ3n) is 2.73. The number of hydrogen-bond donors (Lipinski definition) is 0. The van der Waals surface area contributed by atoms with E-state index in [-0.39, 0.29) is 11.4 Å². The molecule has 0 saturated carbocycles. The number of halogens is 1. The van der Waals surface area contributed by atoms with Gasteiger partial charge in [-0.3, -0.25) is 0 Å². The minimum Gasteiger partial charge on any atom is -0.302 e. The topological polar surface area (TPSA) is 27.0 Å². The summed E-state index contributed by atoms with van der Waals surface area (Å²) in [4.78, 5) is 2.08. The lowest BCUT2D eigenvalue weighted by molar-refractivity contribution is 0.299. The van der Waals surface area contributed by atoms with Crippen molar-refractivity contribution in [2.24, 2.45) is 5.92 Å². The van der Waals surface area contributed by atoms with Crippen LogP contribution in [0.5, 0.6) is 0 Å². The predicted octanol–water partition coefficient (Wildman–Crippen LogP) is 3.18. The van der Waals surface area contributed by atoms with E-state index in [2.05, 4.69) is 18.7 Å². The van der Waals surface area contributed by atoms with Crippen molar-refractivity contribution in [3.8, 4) is 6.07 Å². The zero-order valence-electron chi connectivity index (χ0n) is 10.7. The highest BCUT2D eigenvalue weighted by Crippen LogP contribution is 2.14. The molecule has 0 unspecified atom stereocenters. The van der Waals surface area contributed by atoms with Gasteiger partial charge in [-0.05, 0) is 32.0 Å². The Bertz CT molecular complexity index is 407. The van der Waals surface area contributed by atoms with Crippen LogP contribution in [-0.4, -0.2) is 18.5 Å². The van der Waals surface area contributed by atoms with E-state index in [1.54, 1.807) is 12.1 Å². The van der Waals surface area contributed by atoms with Gasteiger partial charge in [0.15, 0.2) is 0 Å². The van der Waals surface area contributed by atoms with E-state index >= 15 is 0 Å². The Balaban J connectivity index is 2.66. The monoisotopic (exact) mass is 234 g/mol. The van der Waals surface area contributed by atoms with Crippen molar-refractivity contribution in [2.75, 3.05) is 13.6 Å². The summed E-state index contributed by atoms with van der Waals surface area (Å²) in [5.41, 5.74) is 0.718. The summed E-state index contributed by atoms with van der Waals surface area (Å²) in [6, 6.07) is 6.84. The first-order chi connectivity index (χ1) is 8.04. The van der Waals surface area contributed by atoms with E-state index in [9.17, 15) is 4.39 Å². The van der Waals surface area contributed by atoms with Crippen molar-refractivity contribution >= 4 is 0 Å². The fraction of sp³-hybridized carbons (Fsp3) is 0.500. The average molecular weight is 234 g/mol. The van der Waals surface area contributed by atoms with Crippen molar-refractivity contribution in [1.29, 1.82) is 5.26 Å². The van der Waals surface area contributed by atoms with E-state index in [1.807, 2.05) is 13.1 Å². The van der Waals surface area contributed by atoms with E-state index in [4.69, 9.17) is 5.26 Å². The molecule has 0 amide bonds. The van der Waals surface area contributed by atoms with E-state index in [0.717, 1.165) is 13.0 Å². The van der Waals surface area contributed by atoms with Gasteiger partial charge in [-0.15, -0.1) is 0 Å². The Morgan fingerprint density at radius 1 is 1.41 bits per heavy atom. The molecule has 0 bridgehead atoms. The molecule has 1 aromatic carbocycles. The van der Waals surface area contributed by atoms with Crippen LogP contribution < -0.4 is 0 Å². The highest BCUT2D eigenvalue weighted by molar-refractivity contribution is 5.34. The molecule has 0 atom stereocenters. The molecule has 1 rings (SSSR count). The van der Waals surface area contributed by atoms with Crippen LogP contribution in [0.25, 0.3) is 0 Å². The Kier molecular flexibility index (Phi) is 5.11. The van der Waals surface area contributed by atoms with Crippen molar-refractivity contribution in [3.05, 3.63) is 35.1 Å². The Morgan fingerprint density at radius 3 is 2.71 bits per heavy atom. The maximum atomic E-state index is 13.8. The lowest BCUT2D eigenvalue weighted by atomic mass is 10.1. The van der Waals surface area contributed by atoms with Gasteiger partial charge in [-0.25, -0.2) is 4.39 Å². The summed E-state index contributed by atoms with van der Waals surface area (Å²) in [5.74, 6) is 0.263. The number of hydrogen-bond acceptors (Lipinski definition) is 2. The summed E-state index contributed by atoms with van der Waals surface area (Å²) < 4.78 is 13.8. The second-order valence-corrected chi connectivity index (χ2v) is 4.81. The quantitative estimate of drug-likeness (QED) is 0.782. The predicted molar refractivity (Wildman–Crippen MR) is 66.9 cm³/mol. The molecule has 1 aromatic rings. The van der Waals surface area contributed by atoms with Crippen molar-refractivity contribution in [2.45, 2.75) is 26.8 Å². The molecule has 0 aromatic heterocycles. The molecular formula is C14H19FN2. The summed E-state index contributed by atoms with van der Waals surface area (Å²) >= 11 is 0. The van der Waals surface area contributed by atoms with Crippen LogP contribution in [-0.2, 0) is 6.54 Å². The van der Waals surface area contributed by atoms with Crippen molar-refractivity contribution in [3.63, 3.8) is 0 Å². The highest BCUT2D eigenvalue weighted by atomic mass is 19.1. The number of nitrogens with zero attached hydrogens (tertiary/aromatic N) is 2. The summed E-state index contributed by atoms with van der Waals surface area (Å²) in [6.07, 6.45) is 1.09. The van der Waals surface area contributed by atoms with Gasteiger partial charge >= 0.3 is 0 Å². The second-order valence-electron chi connectivity index (χ2n) is 4.81. The van der Waals surface area contributed by atoms with E-state index < -0.39 is 0 Å². The summed E-state index contributed by atoms with van der Waals surface area (Å²) in [6.45, 7) is 5.83.